The van der Waals surface area contributed by atoms with Crippen LogP contribution in [0.5, 0.6) is 0 Å². The highest BCUT2D eigenvalue weighted by molar-refractivity contribution is 5.59. The molecule has 1 aliphatic carbocycles. The lowest BCUT2D eigenvalue weighted by atomic mass is 9.76. The Bertz CT molecular complexity index is 401. The Balaban J connectivity index is 2.12. The topological polar surface area (TPSA) is 68.9 Å². The fourth-order valence-electron chi connectivity index (χ4n) is 2.58. The molecule has 0 saturated carbocycles. The van der Waals surface area contributed by atoms with Gasteiger partial charge in [-0.25, -0.2) is 4.99 Å². The van der Waals surface area contributed by atoms with Crippen LogP contribution in [0, 0.1) is 11.3 Å². The maximum atomic E-state index is 5.96. The predicted molar refractivity (Wildman–Crippen MR) is 75.7 cm³/mol. The Morgan fingerprint density at radius 1 is 1.68 bits per heavy atom. The molecule has 106 valence electrons. The van der Waals surface area contributed by atoms with Gasteiger partial charge in [-0.05, 0) is 13.1 Å². The molecular weight excluding hydrogens is 242 g/mol. The lowest BCUT2D eigenvalue weighted by Gasteiger charge is -2.32. The van der Waals surface area contributed by atoms with E-state index in [1.165, 1.54) is 0 Å². The van der Waals surface area contributed by atoms with Crippen LogP contribution >= 0.6 is 0 Å². The third kappa shape index (κ3) is 3.05. The zero-order valence-corrected chi connectivity index (χ0v) is 11.8. The summed E-state index contributed by atoms with van der Waals surface area (Å²) in [7, 11) is 1.81. The molecule has 0 aromatic rings. The van der Waals surface area contributed by atoms with Crippen LogP contribution in [-0.4, -0.2) is 38.9 Å². The molecule has 5 nitrogen and oxygen atoms in total. The molecule has 0 bridgehead atoms. The van der Waals surface area contributed by atoms with Crippen molar-refractivity contribution in [2.45, 2.75) is 26.3 Å². The molecule has 1 saturated heterocycles. The van der Waals surface area contributed by atoms with E-state index in [0.717, 1.165) is 12.4 Å². The molecule has 0 aromatic carbocycles. The zero-order chi connectivity index (χ0) is 13.9. The second-order valence-electron chi connectivity index (χ2n) is 5.52. The summed E-state index contributed by atoms with van der Waals surface area (Å²) in [4.78, 5) is 4.23. The third-order valence-corrected chi connectivity index (χ3v) is 3.53. The average Bonchev–Trinajstić information content (AvgIpc) is 2.71. The standard InChI is InChI=1S/C14H23N3O2/c1-14(2)9-18-10-5-4-6-11(12(10)14)19-13(16-3)17-8-7-15/h4-6,8,10,12-13,16H,7,9,15H2,1-3H3/t10-,12-,13?/m1/s1. The Morgan fingerprint density at radius 2 is 2.47 bits per heavy atom. The number of hydrogen-bond acceptors (Lipinski definition) is 5. The first-order chi connectivity index (χ1) is 9.08. The van der Waals surface area contributed by atoms with Crippen molar-refractivity contribution >= 4 is 6.21 Å². The minimum atomic E-state index is -0.404. The first kappa shape index (κ1) is 14.2. The number of aliphatic imine (C=N–C) groups is 1. The molecule has 2 rings (SSSR count). The van der Waals surface area contributed by atoms with Gasteiger partial charge < -0.3 is 15.2 Å². The van der Waals surface area contributed by atoms with E-state index in [9.17, 15) is 0 Å². The van der Waals surface area contributed by atoms with Crippen molar-refractivity contribution in [2.24, 2.45) is 22.1 Å². The molecule has 0 aromatic heterocycles. The number of allylic oxidation sites excluding steroid dienone is 2. The van der Waals surface area contributed by atoms with Gasteiger partial charge in [-0.2, -0.15) is 0 Å². The Hall–Kier alpha value is -1.17. The maximum Gasteiger partial charge on any atom is 0.246 e. The van der Waals surface area contributed by atoms with Gasteiger partial charge in [-0.15, -0.1) is 0 Å². The number of fused-ring (bicyclic) bond motifs is 1. The molecule has 0 spiro atoms. The molecule has 0 amide bonds. The summed E-state index contributed by atoms with van der Waals surface area (Å²) in [6, 6.07) is 0. The monoisotopic (exact) mass is 265 g/mol. The van der Waals surface area contributed by atoms with Crippen LogP contribution in [0.25, 0.3) is 0 Å². The molecule has 3 atom stereocenters. The van der Waals surface area contributed by atoms with Gasteiger partial charge >= 0.3 is 0 Å². The molecule has 19 heavy (non-hydrogen) atoms. The summed E-state index contributed by atoms with van der Waals surface area (Å²) in [5, 5.41) is 3.01. The average molecular weight is 265 g/mol. The predicted octanol–water partition coefficient (Wildman–Crippen LogP) is 1.03. The van der Waals surface area contributed by atoms with Crippen LogP contribution in [-0.2, 0) is 9.47 Å². The van der Waals surface area contributed by atoms with Crippen LogP contribution in [0.3, 0.4) is 0 Å². The second kappa shape index (κ2) is 5.86. The van der Waals surface area contributed by atoms with Gasteiger partial charge in [0.05, 0.1) is 18.6 Å². The molecule has 5 heteroatoms. The van der Waals surface area contributed by atoms with Crippen molar-refractivity contribution < 1.29 is 9.47 Å². The summed E-state index contributed by atoms with van der Waals surface area (Å²) in [6.07, 6.45) is 7.42. The van der Waals surface area contributed by atoms with Gasteiger partial charge in [-0.1, -0.05) is 26.0 Å². The highest BCUT2D eigenvalue weighted by Gasteiger charge is 2.46. The largest absolute Gasteiger partial charge is 0.459 e. The van der Waals surface area contributed by atoms with Gasteiger partial charge in [0, 0.05) is 18.2 Å². The molecule has 1 fully saturated rings. The summed E-state index contributed by atoms with van der Waals surface area (Å²) >= 11 is 0. The van der Waals surface area contributed by atoms with E-state index in [2.05, 4.69) is 30.2 Å². The number of hydrogen-bond donors (Lipinski definition) is 2. The fourth-order valence-corrected chi connectivity index (χ4v) is 2.58. The summed E-state index contributed by atoms with van der Waals surface area (Å²) in [5.41, 5.74) is 5.48. The highest BCUT2D eigenvalue weighted by atomic mass is 16.5. The SMILES string of the molecule is CNC(N=CCN)OC1=CC=C[C@H]2OCC(C)(C)[C@@H]12. The van der Waals surface area contributed by atoms with E-state index in [1.807, 2.05) is 19.2 Å². The van der Waals surface area contributed by atoms with Crippen LogP contribution in [0.15, 0.2) is 29.0 Å². The van der Waals surface area contributed by atoms with Gasteiger partial charge in [0.25, 0.3) is 0 Å². The Morgan fingerprint density at radius 3 is 3.16 bits per heavy atom. The first-order valence-electron chi connectivity index (χ1n) is 6.64. The van der Waals surface area contributed by atoms with Crippen molar-refractivity contribution in [1.82, 2.24) is 5.32 Å². The molecule has 1 heterocycles. The number of rotatable bonds is 5. The first-order valence-corrected chi connectivity index (χ1v) is 6.64. The molecule has 1 unspecified atom stereocenters. The van der Waals surface area contributed by atoms with Crippen molar-refractivity contribution in [1.29, 1.82) is 0 Å². The zero-order valence-electron chi connectivity index (χ0n) is 11.8. The number of ether oxygens (including phenoxy) is 2. The van der Waals surface area contributed by atoms with E-state index < -0.39 is 6.35 Å². The van der Waals surface area contributed by atoms with Crippen LogP contribution in [0.1, 0.15) is 13.8 Å². The molecule has 1 aliphatic heterocycles. The summed E-state index contributed by atoms with van der Waals surface area (Å²) in [5.74, 6) is 1.16. The van der Waals surface area contributed by atoms with Gasteiger partial charge in [-0.3, -0.25) is 5.32 Å². The van der Waals surface area contributed by atoms with Crippen molar-refractivity contribution in [2.75, 3.05) is 20.2 Å². The maximum absolute atomic E-state index is 5.96. The third-order valence-electron chi connectivity index (χ3n) is 3.53. The van der Waals surface area contributed by atoms with Gasteiger partial charge in [0.2, 0.25) is 6.35 Å². The number of nitrogens with one attached hydrogen (secondary N) is 1. The molecule has 3 N–H and O–H groups in total. The number of nitrogens with two attached hydrogens (primary N) is 1. The van der Waals surface area contributed by atoms with Gasteiger partial charge in [0.15, 0.2) is 0 Å². The van der Waals surface area contributed by atoms with E-state index in [-0.39, 0.29) is 17.4 Å². The van der Waals surface area contributed by atoms with Crippen LogP contribution in [0.2, 0.25) is 0 Å². The molecular formula is C14H23N3O2. The molecule has 0 radical (unpaired) electrons. The Labute approximate surface area is 114 Å². The molecule has 2 aliphatic rings. The quantitative estimate of drug-likeness (QED) is 0.575. The van der Waals surface area contributed by atoms with E-state index >= 15 is 0 Å². The summed E-state index contributed by atoms with van der Waals surface area (Å²) < 4.78 is 11.8. The lowest BCUT2D eigenvalue weighted by Crippen LogP contribution is -2.34. The van der Waals surface area contributed by atoms with E-state index in [4.69, 9.17) is 15.2 Å². The Kier molecular flexibility index (Phi) is 4.39. The smallest absolute Gasteiger partial charge is 0.246 e. The highest BCUT2D eigenvalue weighted by Crippen LogP contribution is 2.45. The minimum Gasteiger partial charge on any atom is -0.459 e. The summed E-state index contributed by atoms with van der Waals surface area (Å²) in [6.45, 7) is 5.54. The normalized spacial score (nSPS) is 30.2. The van der Waals surface area contributed by atoms with Crippen molar-refractivity contribution in [3.63, 3.8) is 0 Å². The van der Waals surface area contributed by atoms with E-state index in [0.29, 0.717) is 6.54 Å². The van der Waals surface area contributed by atoms with E-state index in [1.54, 1.807) is 6.21 Å². The van der Waals surface area contributed by atoms with Crippen molar-refractivity contribution in [3.8, 4) is 0 Å². The second-order valence-corrected chi connectivity index (χ2v) is 5.52. The fraction of sp³-hybridized carbons (Fsp3) is 0.643. The number of nitrogens with zero attached hydrogens (tertiary/aromatic N) is 1. The van der Waals surface area contributed by atoms with Crippen LogP contribution in [0.4, 0.5) is 0 Å². The minimum absolute atomic E-state index is 0.0666. The van der Waals surface area contributed by atoms with Crippen molar-refractivity contribution in [3.05, 3.63) is 24.0 Å². The van der Waals surface area contributed by atoms with Gasteiger partial charge in [0.1, 0.15) is 5.76 Å². The lowest BCUT2D eigenvalue weighted by molar-refractivity contribution is 0.0530. The van der Waals surface area contributed by atoms with Crippen LogP contribution < -0.4 is 11.1 Å².